The Morgan fingerprint density at radius 3 is 2.52 bits per heavy atom. The van der Waals surface area contributed by atoms with Gasteiger partial charge in [0.05, 0.1) is 5.25 Å². The summed E-state index contributed by atoms with van der Waals surface area (Å²) in [5, 5.41) is 5.65. The second-order valence-electron chi connectivity index (χ2n) is 5.21. The Labute approximate surface area is 132 Å². The molecule has 1 fully saturated rings. The zero-order valence-electron chi connectivity index (χ0n) is 11.9. The quantitative estimate of drug-likeness (QED) is 0.820. The van der Waals surface area contributed by atoms with Gasteiger partial charge in [-0.2, -0.15) is 16.7 Å². The maximum absolute atomic E-state index is 5.80. The Hall–Kier alpha value is -1.34. The molecule has 1 aliphatic rings. The molecule has 0 aliphatic carbocycles. The van der Waals surface area contributed by atoms with Crippen molar-refractivity contribution in [3.63, 3.8) is 0 Å². The Morgan fingerprint density at radius 1 is 1.14 bits per heavy atom. The van der Waals surface area contributed by atoms with Gasteiger partial charge in [0.1, 0.15) is 0 Å². The first-order valence-electron chi connectivity index (χ1n) is 6.80. The lowest BCUT2D eigenvalue weighted by molar-refractivity contribution is 0.423. The van der Waals surface area contributed by atoms with Crippen molar-refractivity contribution < 1.29 is 4.52 Å². The molecule has 112 valence electrons. The van der Waals surface area contributed by atoms with E-state index in [1.54, 1.807) is 18.2 Å². The second kappa shape index (κ2) is 5.81. The van der Waals surface area contributed by atoms with Crippen molar-refractivity contribution >= 4 is 34.9 Å². The fourth-order valence-corrected chi connectivity index (χ4v) is 5.04. The lowest BCUT2D eigenvalue weighted by Crippen LogP contribution is -2.22. The minimum atomic E-state index is 0.275. The predicted molar refractivity (Wildman–Crippen MR) is 90.3 cm³/mol. The number of thioether (sulfide) groups is 2. The van der Waals surface area contributed by atoms with Crippen molar-refractivity contribution in [2.24, 2.45) is 0 Å². The van der Waals surface area contributed by atoms with Crippen LogP contribution in [0.2, 0.25) is 0 Å². The van der Waals surface area contributed by atoms with Gasteiger partial charge >= 0.3 is 0 Å². The van der Waals surface area contributed by atoms with Crippen molar-refractivity contribution in [2.75, 3.05) is 17.2 Å². The van der Waals surface area contributed by atoms with Crippen molar-refractivity contribution in [1.82, 2.24) is 10.1 Å². The van der Waals surface area contributed by atoms with Crippen LogP contribution in [0.25, 0.3) is 11.5 Å². The van der Waals surface area contributed by atoms with Crippen LogP contribution in [0.4, 0.5) is 11.4 Å². The molecule has 0 amide bonds. The molecule has 3 rings (SSSR count). The van der Waals surface area contributed by atoms with E-state index in [2.05, 4.69) is 24.0 Å². The predicted octanol–water partition coefficient (Wildman–Crippen LogP) is 3.20. The van der Waals surface area contributed by atoms with E-state index in [0.717, 1.165) is 17.1 Å². The Bertz CT molecular complexity index is 625. The number of hydrogen-bond acceptors (Lipinski definition) is 7. The van der Waals surface area contributed by atoms with Crippen LogP contribution >= 0.6 is 23.5 Å². The highest BCUT2D eigenvalue weighted by Gasteiger charge is 2.30. The highest BCUT2D eigenvalue weighted by molar-refractivity contribution is 8.07. The molecule has 1 aromatic heterocycles. The van der Waals surface area contributed by atoms with Crippen molar-refractivity contribution in [3.8, 4) is 11.5 Å². The van der Waals surface area contributed by atoms with Crippen molar-refractivity contribution in [2.45, 2.75) is 29.6 Å². The largest absolute Gasteiger partial charge is 0.399 e. The van der Waals surface area contributed by atoms with Crippen LogP contribution in [0.5, 0.6) is 0 Å². The van der Waals surface area contributed by atoms with E-state index >= 15 is 0 Å². The molecule has 0 spiro atoms. The molecule has 2 heterocycles. The van der Waals surface area contributed by atoms with Crippen LogP contribution in [0.1, 0.15) is 24.9 Å². The molecule has 1 aliphatic heterocycles. The maximum Gasteiger partial charge on any atom is 0.258 e. The van der Waals surface area contributed by atoms with Crippen LogP contribution in [0.15, 0.2) is 22.7 Å². The Morgan fingerprint density at radius 2 is 1.86 bits per heavy atom. The summed E-state index contributed by atoms with van der Waals surface area (Å²) < 4.78 is 5.38. The molecular formula is C14H18N4OS2. The number of aromatic nitrogens is 2. The first-order chi connectivity index (χ1) is 10.0. The van der Waals surface area contributed by atoms with E-state index in [4.69, 9.17) is 16.0 Å². The summed E-state index contributed by atoms with van der Waals surface area (Å²) >= 11 is 3.86. The summed E-state index contributed by atoms with van der Waals surface area (Å²) in [6.45, 7) is 4.50. The van der Waals surface area contributed by atoms with E-state index in [-0.39, 0.29) is 5.25 Å². The van der Waals surface area contributed by atoms with Crippen molar-refractivity contribution in [1.29, 1.82) is 0 Å². The number of benzene rings is 1. The van der Waals surface area contributed by atoms with Gasteiger partial charge in [-0.05, 0) is 18.2 Å². The standard InChI is InChI=1S/C14H18N4OS2/c1-7-8(2)21-12(6-20-7)13-17-14(19-18-13)9-3-10(15)5-11(16)4-9/h3-5,7-8,12H,6,15-16H2,1-2H3. The maximum atomic E-state index is 5.80. The van der Waals surface area contributed by atoms with E-state index < -0.39 is 0 Å². The van der Waals surface area contributed by atoms with Gasteiger partial charge in [0.2, 0.25) is 0 Å². The smallest absolute Gasteiger partial charge is 0.258 e. The summed E-state index contributed by atoms with van der Waals surface area (Å²) in [5.74, 6) is 2.23. The second-order valence-corrected chi connectivity index (χ2v) is 8.21. The lowest BCUT2D eigenvalue weighted by atomic mass is 10.2. The Kier molecular flexibility index (Phi) is 4.03. The van der Waals surface area contributed by atoms with Crippen LogP contribution in [0.3, 0.4) is 0 Å². The number of rotatable bonds is 2. The van der Waals surface area contributed by atoms with E-state index in [0.29, 0.717) is 27.8 Å². The fraction of sp³-hybridized carbons (Fsp3) is 0.429. The molecule has 0 radical (unpaired) electrons. The third kappa shape index (κ3) is 3.13. The summed E-state index contributed by atoms with van der Waals surface area (Å²) in [6.07, 6.45) is 0. The van der Waals surface area contributed by atoms with Gasteiger partial charge in [0, 0.05) is 33.2 Å². The van der Waals surface area contributed by atoms with Crippen LogP contribution in [-0.2, 0) is 0 Å². The number of nitrogen functional groups attached to an aromatic ring is 2. The molecule has 21 heavy (non-hydrogen) atoms. The zero-order valence-corrected chi connectivity index (χ0v) is 13.6. The van der Waals surface area contributed by atoms with Crippen LogP contribution in [0, 0.1) is 0 Å². The minimum absolute atomic E-state index is 0.275. The molecule has 1 aromatic carbocycles. The summed E-state index contributed by atoms with van der Waals surface area (Å²) in [5.41, 5.74) is 13.6. The van der Waals surface area contributed by atoms with Gasteiger partial charge in [-0.1, -0.05) is 19.0 Å². The molecule has 4 N–H and O–H groups in total. The van der Waals surface area contributed by atoms with Gasteiger partial charge in [0.15, 0.2) is 5.82 Å². The number of nitrogens with zero attached hydrogens (tertiary/aromatic N) is 2. The van der Waals surface area contributed by atoms with Gasteiger partial charge < -0.3 is 16.0 Å². The molecule has 5 nitrogen and oxygen atoms in total. The third-order valence-electron chi connectivity index (χ3n) is 3.50. The summed E-state index contributed by atoms with van der Waals surface area (Å²) in [7, 11) is 0. The highest BCUT2D eigenvalue weighted by atomic mass is 32.2. The monoisotopic (exact) mass is 322 g/mol. The van der Waals surface area contributed by atoms with Crippen LogP contribution in [-0.4, -0.2) is 26.4 Å². The van der Waals surface area contributed by atoms with Gasteiger partial charge in [-0.3, -0.25) is 0 Å². The zero-order chi connectivity index (χ0) is 15.0. The van der Waals surface area contributed by atoms with E-state index in [1.807, 2.05) is 23.5 Å². The topological polar surface area (TPSA) is 91.0 Å². The van der Waals surface area contributed by atoms with Crippen molar-refractivity contribution in [3.05, 3.63) is 24.0 Å². The Balaban J connectivity index is 1.83. The number of hydrogen-bond donors (Lipinski definition) is 2. The molecule has 7 heteroatoms. The first kappa shape index (κ1) is 14.6. The number of anilines is 2. The first-order valence-corrected chi connectivity index (χ1v) is 8.79. The third-order valence-corrected chi connectivity index (χ3v) is 6.89. The normalized spacial score (nSPS) is 25.9. The average molecular weight is 322 g/mol. The SMILES string of the molecule is CC1SCC(c2noc(-c3cc(N)cc(N)c3)n2)SC1C. The van der Waals surface area contributed by atoms with E-state index in [1.165, 1.54) is 0 Å². The van der Waals surface area contributed by atoms with Gasteiger partial charge in [0.25, 0.3) is 5.89 Å². The molecule has 1 saturated heterocycles. The summed E-state index contributed by atoms with van der Waals surface area (Å²) in [4.78, 5) is 4.52. The molecule has 0 saturated carbocycles. The number of nitrogens with two attached hydrogens (primary N) is 2. The van der Waals surface area contributed by atoms with Gasteiger partial charge in [-0.15, -0.1) is 11.8 Å². The molecule has 0 bridgehead atoms. The fourth-order valence-electron chi connectivity index (χ4n) is 2.20. The van der Waals surface area contributed by atoms with E-state index in [9.17, 15) is 0 Å². The lowest BCUT2D eigenvalue weighted by Gasteiger charge is -2.29. The summed E-state index contributed by atoms with van der Waals surface area (Å²) in [6, 6.07) is 5.29. The van der Waals surface area contributed by atoms with Crippen LogP contribution < -0.4 is 11.5 Å². The highest BCUT2D eigenvalue weighted by Crippen LogP contribution is 2.43. The molecule has 3 atom stereocenters. The minimum Gasteiger partial charge on any atom is -0.399 e. The van der Waals surface area contributed by atoms with Gasteiger partial charge in [-0.25, -0.2) is 0 Å². The molecular weight excluding hydrogens is 304 g/mol. The molecule has 3 unspecified atom stereocenters. The molecule has 2 aromatic rings. The average Bonchev–Trinajstić information content (AvgIpc) is 2.90.